The van der Waals surface area contributed by atoms with Crippen molar-refractivity contribution in [2.75, 3.05) is 0 Å². The normalized spacial score (nSPS) is 12.8. The highest BCUT2D eigenvalue weighted by atomic mass is 33.1. The van der Waals surface area contributed by atoms with Gasteiger partial charge in [-0.3, -0.25) is 4.79 Å². The number of rotatable bonds is 3. The van der Waals surface area contributed by atoms with Gasteiger partial charge in [-0.05, 0) is 20.8 Å². The van der Waals surface area contributed by atoms with Crippen LogP contribution in [0.15, 0.2) is 11.1 Å². The molecule has 0 saturated carbocycles. The zero-order chi connectivity index (χ0) is 10.5. The number of thiol groups is 1. The Bertz CT molecular complexity index is 209. The number of hydrogen-bond donors (Lipinski definition) is 2. The molecular weight excluding hydrogens is 206 g/mol. The van der Waals surface area contributed by atoms with Gasteiger partial charge in [0, 0.05) is 11.1 Å². The highest BCUT2D eigenvalue weighted by Crippen LogP contribution is 2.23. The van der Waals surface area contributed by atoms with Crippen molar-refractivity contribution in [1.82, 2.24) is 0 Å². The first-order valence-electron chi connectivity index (χ1n) is 3.83. The van der Waals surface area contributed by atoms with Crippen molar-refractivity contribution < 1.29 is 9.53 Å². The number of carbonyl (C=O) groups excluding carboxylic acids is 1. The quantitative estimate of drug-likeness (QED) is 0.435. The lowest BCUT2D eigenvalue weighted by Crippen LogP contribution is -2.23. The fourth-order valence-electron chi connectivity index (χ4n) is 0.641. The zero-order valence-electron chi connectivity index (χ0n) is 8.03. The molecule has 13 heavy (non-hydrogen) atoms. The van der Waals surface area contributed by atoms with E-state index >= 15 is 0 Å². The number of esters is 1. The van der Waals surface area contributed by atoms with Gasteiger partial charge in [0.25, 0.3) is 0 Å². The largest absolute Gasteiger partial charge is 0.460 e. The number of nitrogens with two attached hydrogens (primary N) is 1. The van der Waals surface area contributed by atoms with Crippen LogP contribution in [0.25, 0.3) is 0 Å². The van der Waals surface area contributed by atoms with E-state index in [4.69, 9.17) is 10.5 Å². The first-order chi connectivity index (χ1) is 5.89. The van der Waals surface area contributed by atoms with Gasteiger partial charge in [0.15, 0.2) is 0 Å². The van der Waals surface area contributed by atoms with Crippen LogP contribution >= 0.6 is 22.5 Å². The molecule has 0 aromatic rings. The minimum Gasteiger partial charge on any atom is -0.460 e. The molecule has 0 atom stereocenters. The van der Waals surface area contributed by atoms with Crippen LogP contribution in [0.3, 0.4) is 0 Å². The Morgan fingerprint density at radius 3 is 2.46 bits per heavy atom. The van der Waals surface area contributed by atoms with Crippen LogP contribution < -0.4 is 5.73 Å². The molecule has 0 fully saturated rings. The first kappa shape index (κ1) is 12.7. The predicted octanol–water partition coefficient (Wildman–Crippen LogP) is 2.10. The highest BCUT2D eigenvalue weighted by molar-refractivity contribution is 8.70. The predicted molar refractivity (Wildman–Crippen MR) is 59.3 cm³/mol. The van der Waals surface area contributed by atoms with E-state index in [1.807, 2.05) is 20.8 Å². The smallest absolute Gasteiger partial charge is 0.311 e. The lowest BCUT2D eigenvalue weighted by atomic mass is 10.2. The van der Waals surface area contributed by atoms with Gasteiger partial charge in [0.05, 0.1) is 6.42 Å². The molecule has 0 heterocycles. The Kier molecular flexibility index (Phi) is 5.32. The third kappa shape index (κ3) is 6.83. The van der Waals surface area contributed by atoms with Crippen LogP contribution in [0.4, 0.5) is 0 Å². The van der Waals surface area contributed by atoms with Gasteiger partial charge in [0.1, 0.15) is 5.60 Å². The average Bonchev–Trinajstić information content (AvgIpc) is 1.96. The minimum atomic E-state index is -0.446. The van der Waals surface area contributed by atoms with E-state index in [1.165, 1.54) is 6.20 Å². The Hall–Kier alpha value is -0.290. The third-order valence-electron chi connectivity index (χ3n) is 1.04. The molecule has 3 nitrogen and oxygen atoms in total. The summed E-state index contributed by atoms with van der Waals surface area (Å²) in [6.07, 6.45) is 1.55. The van der Waals surface area contributed by atoms with Crippen molar-refractivity contribution in [2.24, 2.45) is 5.73 Å². The van der Waals surface area contributed by atoms with Gasteiger partial charge >= 0.3 is 5.97 Å². The summed E-state index contributed by atoms with van der Waals surface area (Å²) in [5, 5.41) is 0. The minimum absolute atomic E-state index is 0.182. The Morgan fingerprint density at radius 1 is 1.62 bits per heavy atom. The maximum Gasteiger partial charge on any atom is 0.311 e. The molecule has 0 radical (unpaired) electrons. The molecule has 0 saturated heterocycles. The van der Waals surface area contributed by atoms with E-state index in [0.717, 1.165) is 10.8 Å². The summed E-state index contributed by atoms with van der Waals surface area (Å²) >= 11 is 3.94. The van der Waals surface area contributed by atoms with Crippen LogP contribution in [0.5, 0.6) is 0 Å². The van der Waals surface area contributed by atoms with Crippen LogP contribution in [-0.2, 0) is 9.53 Å². The molecule has 0 unspecified atom stereocenters. The molecule has 0 aromatic carbocycles. The second kappa shape index (κ2) is 5.44. The third-order valence-corrected chi connectivity index (χ3v) is 2.26. The Labute approximate surface area is 87.9 Å². The van der Waals surface area contributed by atoms with Gasteiger partial charge in [-0.1, -0.05) is 10.8 Å². The lowest BCUT2D eigenvalue weighted by molar-refractivity contribution is -0.153. The van der Waals surface area contributed by atoms with E-state index in [2.05, 4.69) is 11.7 Å². The fraction of sp³-hybridized carbons (Fsp3) is 0.625. The maximum atomic E-state index is 11.2. The number of hydrogen-bond acceptors (Lipinski definition) is 5. The Balaban J connectivity index is 4.02. The van der Waals surface area contributed by atoms with Crippen molar-refractivity contribution in [3.63, 3.8) is 0 Å². The van der Waals surface area contributed by atoms with Crippen LogP contribution in [0.1, 0.15) is 27.2 Å². The number of ether oxygens (including phenoxy) is 1. The van der Waals surface area contributed by atoms with Crippen molar-refractivity contribution in [1.29, 1.82) is 0 Å². The van der Waals surface area contributed by atoms with Gasteiger partial charge in [0.2, 0.25) is 0 Å². The van der Waals surface area contributed by atoms with Gasteiger partial charge < -0.3 is 10.5 Å². The molecule has 0 spiro atoms. The molecule has 5 heteroatoms. The first-order valence-corrected chi connectivity index (χ1v) is 5.70. The molecule has 0 aliphatic rings. The fourth-order valence-corrected chi connectivity index (χ4v) is 1.26. The molecule has 0 rings (SSSR count). The average molecular weight is 221 g/mol. The zero-order valence-corrected chi connectivity index (χ0v) is 9.74. The summed E-state index contributed by atoms with van der Waals surface area (Å²) in [6.45, 7) is 5.47. The van der Waals surface area contributed by atoms with Crippen LogP contribution in [0.2, 0.25) is 0 Å². The summed E-state index contributed by atoms with van der Waals surface area (Å²) in [5.74, 6) is -0.286. The monoisotopic (exact) mass is 221 g/mol. The molecular formula is C8H15NO2S2. The standard InChI is InChI=1S/C8H15NO2S2/c1-8(2,3)11-7(10)4-6(5-9)13-12/h5,12H,4,9H2,1-3H3/b6-5-. The van der Waals surface area contributed by atoms with E-state index < -0.39 is 5.60 Å². The van der Waals surface area contributed by atoms with Crippen molar-refractivity contribution in [2.45, 2.75) is 32.8 Å². The van der Waals surface area contributed by atoms with E-state index in [0.29, 0.717) is 4.91 Å². The summed E-state index contributed by atoms with van der Waals surface area (Å²) in [5.41, 5.74) is 4.81. The van der Waals surface area contributed by atoms with Crippen molar-refractivity contribution in [3.05, 3.63) is 11.1 Å². The lowest BCUT2D eigenvalue weighted by Gasteiger charge is -2.19. The van der Waals surface area contributed by atoms with Gasteiger partial charge in [-0.15, -0.1) is 11.7 Å². The van der Waals surface area contributed by atoms with Crippen molar-refractivity contribution in [3.8, 4) is 0 Å². The SMILES string of the molecule is CC(C)(C)OC(=O)C/C(=C/N)SS. The summed E-state index contributed by atoms with van der Waals surface area (Å²) in [6, 6.07) is 0. The van der Waals surface area contributed by atoms with Gasteiger partial charge in [-0.2, -0.15) is 0 Å². The maximum absolute atomic E-state index is 11.2. The molecule has 2 N–H and O–H groups in total. The van der Waals surface area contributed by atoms with Gasteiger partial charge in [-0.25, -0.2) is 0 Å². The Morgan fingerprint density at radius 2 is 2.15 bits per heavy atom. The molecule has 76 valence electrons. The summed E-state index contributed by atoms with van der Waals surface area (Å²) in [7, 11) is 1.15. The highest BCUT2D eigenvalue weighted by Gasteiger charge is 2.16. The molecule has 0 aliphatic carbocycles. The molecule has 0 bridgehead atoms. The van der Waals surface area contributed by atoms with Crippen molar-refractivity contribution >= 4 is 28.4 Å². The molecule has 0 amide bonds. The summed E-state index contributed by atoms with van der Waals surface area (Å²) in [4.78, 5) is 11.9. The molecule has 0 aliphatic heterocycles. The van der Waals surface area contributed by atoms with E-state index in [9.17, 15) is 4.79 Å². The van der Waals surface area contributed by atoms with Crippen LogP contribution in [-0.4, -0.2) is 11.6 Å². The van der Waals surface area contributed by atoms with E-state index in [1.54, 1.807) is 0 Å². The number of carbonyl (C=O) groups is 1. The second-order valence-corrected chi connectivity index (χ2v) is 4.74. The van der Waals surface area contributed by atoms with E-state index in [-0.39, 0.29) is 12.4 Å². The summed E-state index contributed by atoms with van der Waals surface area (Å²) < 4.78 is 5.09. The topological polar surface area (TPSA) is 52.3 Å². The second-order valence-electron chi connectivity index (χ2n) is 3.49. The van der Waals surface area contributed by atoms with Crippen LogP contribution in [0, 0.1) is 0 Å². The molecule has 0 aromatic heterocycles.